The molecule has 10 rings (SSSR count). The van der Waals surface area contributed by atoms with Gasteiger partial charge in [0.2, 0.25) is 0 Å². The van der Waals surface area contributed by atoms with Crippen LogP contribution in [0.4, 0.5) is 10.3 Å². The number of halogens is 4. The highest BCUT2D eigenvalue weighted by atomic mass is 79.9. The largest absolute Gasteiger partial charge is 0.421 e. The van der Waals surface area contributed by atoms with Crippen LogP contribution in [0, 0.1) is 0 Å². The van der Waals surface area contributed by atoms with Crippen LogP contribution >= 0.6 is 86.4 Å². The number of carbonyl (C=O) groups excluding carboxylic acids is 4. The maximum absolute atomic E-state index is 14.1. The maximum atomic E-state index is 14.1. The number of benzene rings is 4. The summed E-state index contributed by atoms with van der Waals surface area (Å²) in [6, 6.07) is 16.0. The zero-order chi connectivity index (χ0) is 38.9. The summed E-state index contributed by atoms with van der Waals surface area (Å²) >= 11 is 15.6. The van der Waals surface area contributed by atoms with E-state index < -0.39 is 34.9 Å². The lowest BCUT2D eigenvalue weighted by Gasteiger charge is -2.30. The van der Waals surface area contributed by atoms with Gasteiger partial charge in [-0.25, -0.2) is 29.4 Å². The normalized spacial score (nSPS) is 13.9. The number of anilines is 2. The Morgan fingerprint density at radius 2 is 0.839 bits per heavy atom. The van der Waals surface area contributed by atoms with Gasteiger partial charge in [-0.05, 0) is 92.5 Å². The Balaban J connectivity index is 1.01. The standard InChI is InChI=1S/C38H12Br4N4O8S2/c39-15-5-13-7-21(35(51)53-29(13)23(41)9-15)25-11-55-37(43-25)45-31(47)17-1-2-18-28-20(4-3-19(27(17)28)33(45)49)34(50)46(32(18)48)38-44-26(12-56-38)22-8-14-6-16(40)10-24(42)30(14)54-36(22)52/h1-12H. The van der Waals surface area contributed by atoms with Crippen LogP contribution in [0.1, 0.15) is 41.4 Å². The van der Waals surface area contributed by atoms with E-state index in [0.29, 0.717) is 30.9 Å². The summed E-state index contributed by atoms with van der Waals surface area (Å²) in [5.74, 6) is -2.87. The number of amides is 4. The van der Waals surface area contributed by atoms with E-state index in [1.54, 1.807) is 47.2 Å². The summed E-state index contributed by atoms with van der Waals surface area (Å²) in [4.78, 5) is 93.3. The molecule has 4 aromatic heterocycles. The van der Waals surface area contributed by atoms with Crippen molar-refractivity contribution in [3.63, 3.8) is 0 Å². The average Bonchev–Trinajstić information content (AvgIpc) is 3.84. The Bertz CT molecular complexity index is 3030. The van der Waals surface area contributed by atoms with Crippen LogP contribution in [-0.2, 0) is 0 Å². The van der Waals surface area contributed by atoms with Crippen molar-refractivity contribution in [2.45, 2.75) is 0 Å². The van der Waals surface area contributed by atoms with Crippen molar-refractivity contribution in [1.29, 1.82) is 0 Å². The van der Waals surface area contributed by atoms with Gasteiger partial charge in [-0.1, -0.05) is 31.9 Å². The molecule has 56 heavy (non-hydrogen) atoms. The Morgan fingerprint density at radius 1 is 0.482 bits per heavy atom. The first-order valence-electron chi connectivity index (χ1n) is 16.0. The topological polar surface area (TPSA) is 161 Å². The Hall–Kier alpha value is -4.98. The third kappa shape index (κ3) is 5.23. The lowest BCUT2D eigenvalue weighted by molar-refractivity contribution is 0.0873. The van der Waals surface area contributed by atoms with Crippen molar-refractivity contribution < 1.29 is 28.0 Å². The van der Waals surface area contributed by atoms with E-state index in [-0.39, 0.29) is 65.8 Å². The molecule has 0 saturated heterocycles. The second-order valence-electron chi connectivity index (χ2n) is 12.5. The molecule has 6 heterocycles. The number of carbonyl (C=O) groups is 4. The van der Waals surface area contributed by atoms with Crippen LogP contribution in [0.2, 0.25) is 0 Å². The SMILES string of the molecule is O=C1c2ccc3c4c(ccc(c24)C(=O)N1c1nc(-c2cc4cc(Br)cc(Br)c4oc2=O)cs1)C(=O)N(c1nc(-c2cc4cc(Br)cc(Br)c4oc2=O)cs1)C3=O. The highest BCUT2D eigenvalue weighted by Gasteiger charge is 2.42. The molecule has 2 aliphatic heterocycles. The maximum Gasteiger partial charge on any atom is 0.345 e. The fourth-order valence-electron chi connectivity index (χ4n) is 6.88. The summed E-state index contributed by atoms with van der Waals surface area (Å²) in [5.41, 5.74) is 0.423. The molecular formula is C38H12Br4N4O8S2. The first-order chi connectivity index (χ1) is 26.9. The number of thiazole rings is 2. The smallest absolute Gasteiger partial charge is 0.345 e. The van der Waals surface area contributed by atoms with Gasteiger partial charge in [0, 0.05) is 63.5 Å². The van der Waals surface area contributed by atoms with Gasteiger partial charge in [0.15, 0.2) is 21.4 Å². The van der Waals surface area contributed by atoms with E-state index in [9.17, 15) is 28.8 Å². The second kappa shape index (κ2) is 12.8. The molecule has 272 valence electrons. The molecule has 0 bridgehead atoms. The van der Waals surface area contributed by atoms with Crippen molar-refractivity contribution in [2.24, 2.45) is 0 Å². The Morgan fingerprint density at radius 3 is 1.20 bits per heavy atom. The first kappa shape index (κ1) is 35.4. The van der Waals surface area contributed by atoms with E-state index in [1.165, 1.54) is 24.3 Å². The molecule has 0 saturated carbocycles. The number of hydrogen-bond donors (Lipinski definition) is 0. The van der Waals surface area contributed by atoms with Crippen LogP contribution in [0.5, 0.6) is 0 Å². The second-order valence-corrected chi connectivity index (χ2v) is 17.7. The third-order valence-corrected chi connectivity index (χ3v) is 13.1. The Kier molecular flexibility index (Phi) is 8.08. The van der Waals surface area contributed by atoms with E-state index in [2.05, 4.69) is 73.7 Å². The van der Waals surface area contributed by atoms with E-state index in [4.69, 9.17) is 8.83 Å². The molecule has 0 fully saturated rings. The van der Waals surface area contributed by atoms with Gasteiger partial charge in [-0.15, -0.1) is 22.7 Å². The van der Waals surface area contributed by atoms with Crippen LogP contribution in [-0.4, -0.2) is 33.6 Å². The highest BCUT2D eigenvalue weighted by Crippen LogP contribution is 2.42. The molecule has 0 radical (unpaired) electrons. The quantitative estimate of drug-likeness (QED) is 0.123. The number of hydrogen-bond acceptors (Lipinski definition) is 12. The lowest BCUT2D eigenvalue weighted by atomic mass is 9.86. The highest BCUT2D eigenvalue weighted by molar-refractivity contribution is 9.11. The van der Waals surface area contributed by atoms with Gasteiger partial charge in [-0.3, -0.25) is 19.2 Å². The van der Waals surface area contributed by atoms with Crippen LogP contribution in [0.3, 0.4) is 0 Å². The van der Waals surface area contributed by atoms with Gasteiger partial charge in [0.1, 0.15) is 0 Å². The Labute approximate surface area is 352 Å². The van der Waals surface area contributed by atoms with Crippen LogP contribution < -0.4 is 21.1 Å². The van der Waals surface area contributed by atoms with Gasteiger partial charge < -0.3 is 8.83 Å². The molecule has 0 aliphatic carbocycles. The van der Waals surface area contributed by atoms with Crippen molar-refractivity contribution in [2.75, 3.05) is 9.80 Å². The van der Waals surface area contributed by atoms with Gasteiger partial charge >= 0.3 is 11.3 Å². The minimum absolute atomic E-state index is 0.0163. The fraction of sp³-hybridized carbons (Fsp3) is 0. The van der Waals surface area contributed by atoms with E-state index in [1.807, 2.05) is 0 Å². The molecule has 4 aromatic carbocycles. The fourth-order valence-corrected chi connectivity index (χ4v) is 11.2. The van der Waals surface area contributed by atoms with Crippen LogP contribution in [0.25, 0.3) is 55.2 Å². The van der Waals surface area contributed by atoms with Gasteiger partial charge in [-0.2, -0.15) is 0 Å². The molecular weight excluding hydrogens is 1020 g/mol. The molecule has 2 aliphatic rings. The molecule has 0 spiro atoms. The van der Waals surface area contributed by atoms with Crippen molar-refractivity contribution in [1.82, 2.24) is 9.97 Å². The first-order valence-corrected chi connectivity index (χ1v) is 21.0. The molecule has 12 nitrogen and oxygen atoms in total. The number of rotatable bonds is 4. The van der Waals surface area contributed by atoms with Crippen LogP contribution in [0.15, 0.2) is 108 Å². The molecule has 0 N–H and O–H groups in total. The monoisotopic (exact) mass is 1030 g/mol. The van der Waals surface area contributed by atoms with Gasteiger partial charge in [0.05, 0.1) is 31.5 Å². The summed E-state index contributed by atoms with van der Waals surface area (Å²) in [6.07, 6.45) is 0. The number of fused-ring (bicyclic) bond motifs is 2. The number of imide groups is 2. The molecule has 8 aromatic rings. The predicted molar refractivity (Wildman–Crippen MR) is 224 cm³/mol. The summed E-state index contributed by atoms with van der Waals surface area (Å²) in [5, 5.41) is 4.71. The number of aromatic nitrogens is 2. The summed E-state index contributed by atoms with van der Waals surface area (Å²) in [6.45, 7) is 0. The summed E-state index contributed by atoms with van der Waals surface area (Å²) in [7, 11) is 0. The van der Waals surface area contributed by atoms with Crippen molar-refractivity contribution >= 4 is 153 Å². The minimum atomic E-state index is -0.717. The van der Waals surface area contributed by atoms with E-state index in [0.717, 1.165) is 41.4 Å². The van der Waals surface area contributed by atoms with Crippen molar-refractivity contribution in [3.8, 4) is 22.5 Å². The van der Waals surface area contributed by atoms with E-state index >= 15 is 0 Å². The average molecular weight is 1040 g/mol. The molecule has 0 unspecified atom stereocenters. The zero-order valence-electron chi connectivity index (χ0n) is 27.3. The zero-order valence-corrected chi connectivity index (χ0v) is 35.3. The molecule has 4 amide bonds. The van der Waals surface area contributed by atoms with Crippen molar-refractivity contribution in [3.05, 3.63) is 132 Å². The predicted octanol–water partition coefficient (Wildman–Crippen LogP) is 9.95. The van der Waals surface area contributed by atoms with Gasteiger partial charge in [0.25, 0.3) is 23.6 Å². The summed E-state index contributed by atoms with van der Waals surface area (Å²) < 4.78 is 13.8. The number of nitrogens with zero attached hydrogens (tertiary/aromatic N) is 4. The molecule has 0 atom stereocenters. The lowest BCUT2D eigenvalue weighted by Crippen LogP contribution is -2.43. The molecule has 18 heteroatoms. The minimum Gasteiger partial charge on any atom is -0.421 e. The third-order valence-electron chi connectivity index (χ3n) is 9.32.